The van der Waals surface area contributed by atoms with Gasteiger partial charge in [-0.25, -0.2) is 4.79 Å². The number of hydrogen-bond acceptors (Lipinski definition) is 10. The lowest BCUT2D eigenvalue weighted by Gasteiger charge is -2.53. The molecule has 0 spiro atoms. The van der Waals surface area contributed by atoms with Crippen molar-refractivity contribution in [2.75, 3.05) is 28.1 Å². The highest BCUT2D eigenvalue weighted by atomic mass is 16.7. The van der Waals surface area contributed by atoms with Gasteiger partial charge in [0, 0.05) is 30.2 Å². The maximum atomic E-state index is 14.6. The third-order valence-corrected chi connectivity index (χ3v) is 9.85. The van der Waals surface area contributed by atoms with E-state index in [4.69, 9.17) is 28.4 Å². The topological polar surface area (TPSA) is 136 Å². The first-order valence-corrected chi connectivity index (χ1v) is 15.5. The molecule has 0 radical (unpaired) electrons. The molecule has 4 heterocycles. The quantitative estimate of drug-likeness (QED) is 0.393. The molecule has 5 unspecified atom stereocenters. The van der Waals surface area contributed by atoms with Crippen LogP contribution < -0.4 is 18.9 Å². The highest BCUT2D eigenvalue weighted by Crippen LogP contribution is 2.56. The molecule has 7 rings (SSSR count). The third-order valence-electron chi connectivity index (χ3n) is 9.85. The Bertz CT molecular complexity index is 1730. The molecule has 2 N–H and O–H groups in total. The van der Waals surface area contributed by atoms with Gasteiger partial charge in [-0.1, -0.05) is 36.4 Å². The minimum absolute atomic E-state index is 0.0533. The van der Waals surface area contributed by atoms with Crippen LogP contribution in [0.1, 0.15) is 51.0 Å². The van der Waals surface area contributed by atoms with Gasteiger partial charge in [0.05, 0.1) is 39.0 Å². The maximum Gasteiger partial charge on any atom is 0.410 e. The fourth-order valence-electron chi connectivity index (χ4n) is 7.93. The molecule has 12 heteroatoms. The van der Waals surface area contributed by atoms with Crippen LogP contribution in [-0.2, 0) is 33.9 Å². The molecular weight excluding hydrogens is 608 g/mol. The first-order valence-electron chi connectivity index (χ1n) is 15.5. The Balaban J connectivity index is 1.38. The largest absolute Gasteiger partial charge is 0.496 e. The van der Waals surface area contributed by atoms with Crippen molar-refractivity contribution in [2.45, 2.75) is 69.9 Å². The first kappa shape index (κ1) is 31.1. The summed E-state index contributed by atoms with van der Waals surface area (Å²) in [7, 11) is 4.39. The monoisotopic (exact) mass is 646 g/mol. The van der Waals surface area contributed by atoms with E-state index >= 15 is 0 Å². The van der Waals surface area contributed by atoms with Gasteiger partial charge in [-0.05, 0) is 42.2 Å². The molecule has 2 bridgehead atoms. The lowest BCUT2D eigenvalue weighted by atomic mass is 9.77. The van der Waals surface area contributed by atoms with Crippen molar-refractivity contribution in [2.24, 2.45) is 0 Å². The fraction of sp³-hybridized carbons (Fsp3) is 0.429. The smallest absolute Gasteiger partial charge is 0.410 e. The van der Waals surface area contributed by atoms with Crippen molar-refractivity contribution in [1.82, 2.24) is 9.80 Å². The van der Waals surface area contributed by atoms with Gasteiger partial charge >= 0.3 is 6.09 Å². The van der Waals surface area contributed by atoms with E-state index in [2.05, 4.69) is 0 Å². The van der Waals surface area contributed by atoms with Gasteiger partial charge in [-0.15, -0.1) is 0 Å². The minimum atomic E-state index is -1.45. The predicted octanol–water partition coefficient (Wildman–Crippen LogP) is 3.49. The molecule has 4 aliphatic rings. The van der Waals surface area contributed by atoms with Gasteiger partial charge in [-0.3, -0.25) is 9.69 Å². The molecule has 6 atom stereocenters. The Labute approximate surface area is 272 Å². The standard InChI is InChI=1S/C35H38N2O10/c1-17-11-20-12-23-34(40)37-26(21-13-24(18(2)32-33(21)47-16-46-32)45-14-19-9-7-6-8-10-19)29(38)30(39)28(37)27(36(23)35(41)44-5)25(20)22(15-42-3)31(17)43-4/h6-11,13,23,26-30,38-39H,12,14-16H2,1-5H3/t23?,26-,27?,28?,29?,30?/m1/s1. The SMILES string of the molecule is COCc1c(OC)c(C)cc2c1C1C3C(O)C(O)[C@@H](c4cc(OCc5ccccc5)c(C)c5c4OCO5)N3C(=O)C(C2)N1C(=O)OC. The van der Waals surface area contributed by atoms with E-state index in [9.17, 15) is 19.8 Å². The zero-order valence-electron chi connectivity index (χ0n) is 26.9. The summed E-state index contributed by atoms with van der Waals surface area (Å²) in [6, 6.07) is 9.47. The van der Waals surface area contributed by atoms with Crippen LogP contribution in [0.4, 0.5) is 4.79 Å². The fourth-order valence-corrected chi connectivity index (χ4v) is 7.93. The second kappa shape index (κ2) is 11.9. The molecule has 4 aliphatic heterocycles. The molecule has 2 amide bonds. The number of piperazine rings is 1. The lowest BCUT2D eigenvalue weighted by Crippen LogP contribution is -2.67. The Morgan fingerprint density at radius 2 is 1.72 bits per heavy atom. The number of ether oxygens (including phenoxy) is 6. The highest BCUT2D eigenvalue weighted by molar-refractivity contribution is 5.90. The number of methoxy groups -OCH3 is 3. The van der Waals surface area contributed by atoms with E-state index in [1.807, 2.05) is 50.2 Å². The van der Waals surface area contributed by atoms with E-state index in [1.165, 1.54) is 16.9 Å². The normalized spacial score (nSPS) is 25.4. The van der Waals surface area contributed by atoms with Gasteiger partial charge in [0.25, 0.3) is 0 Å². The molecule has 0 saturated carbocycles. The van der Waals surface area contributed by atoms with E-state index in [0.717, 1.165) is 16.7 Å². The number of rotatable bonds is 7. The molecule has 0 aromatic heterocycles. The molecule has 3 aromatic rings. The third kappa shape index (κ3) is 4.68. The van der Waals surface area contributed by atoms with E-state index < -0.39 is 48.4 Å². The number of benzene rings is 3. The van der Waals surface area contributed by atoms with Crippen LogP contribution in [-0.4, -0.2) is 84.4 Å². The van der Waals surface area contributed by atoms with Crippen LogP contribution in [0, 0.1) is 13.8 Å². The number of hydrogen-bond donors (Lipinski definition) is 2. The molecule has 3 aromatic carbocycles. The van der Waals surface area contributed by atoms with E-state index in [-0.39, 0.29) is 26.4 Å². The summed E-state index contributed by atoms with van der Waals surface area (Å²) >= 11 is 0. The zero-order chi connectivity index (χ0) is 33.1. The average Bonchev–Trinajstić information content (AvgIpc) is 3.67. The van der Waals surface area contributed by atoms with Crippen LogP contribution in [0.5, 0.6) is 23.0 Å². The van der Waals surface area contributed by atoms with Gasteiger partial charge in [0.1, 0.15) is 36.4 Å². The number of aliphatic hydroxyl groups excluding tert-OH is 2. The highest BCUT2D eigenvalue weighted by Gasteiger charge is 2.64. The summed E-state index contributed by atoms with van der Waals surface area (Å²) in [5, 5.41) is 23.8. The van der Waals surface area contributed by atoms with Gasteiger partial charge in [0.15, 0.2) is 11.5 Å². The second-order valence-electron chi connectivity index (χ2n) is 12.3. The number of aryl methyl sites for hydroxylation is 1. The van der Waals surface area contributed by atoms with Crippen LogP contribution in [0.2, 0.25) is 0 Å². The average molecular weight is 647 g/mol. The lowest BCUT2D eigenvalue weighted by molar-refractivity contribution is -0.153. The van der Waals surface area contributed by atoms with Crippen LogP contribution >= 0.6 is 0 Å². The van der Waals surface area contributed by atoms with Crippen molar-refractivity contribution in [3.05, 3.63) is 81.4 Å². The summed E-state index contributed by atoms with van der Waals surface area (Å²) < 4.78 is 34.7. The molecule has 0 aliphatic carbocycles. The molecule has 12 nitrogen and oxygen atoms in total. The van der Waals surface area contributed by atoms with Crippen LogP contribution in [0.25, 0.3) is 0 Å². The van der Waals surface area contributed by atoms with Crippen LogP contribution in [0.15, 0.2) is 42.5 Å². The number of carbonyl (C=O) groups is 2. The van der Waals surface area contributed by atoms with E-state index in [1.54, 1.807) is 20.3 Å². The molecule has 248 valence electrons. The Hall–Kier alpha value is -4.52. The van der Waals surface area contributed by atoms with Crippen molar-refractivity contribution in [3.63, 3.8) is 0 Å². The molecule has 2 fully saturated rings. The zero-order valence-corrected chi connectivity index (χ0v) is 26.9. The van der Waals surface area contributed by atoms with E-state index in [0.29, 0.717) is 45.3 Å². The summed E-state index contributed by atoms with van der Waals surface area (Å²) in [5.41, 5.74) is 5.21. The number of aliphatic hydroxyl groups is 2. The Kier molecular flexibility index (Phi) is 7.89. The van der Waals surface area contributed by atoms with Crippen LogP contribution in [0.3, 0.4) is 0 Å². The number of carbonyl (C=O) groups excluding carboxylic acids is 2. The predicted molar refractivity (Wildman–Crippen MR) is 166 cm³/mol. The van der Waals surface area contributed by atoms with Crippen molar-refractivity contribution in [1.29, 1.82) is 0 Å². The van der Waals surface area contributed by atoms with Gasteiger partial charge in [0.2, 0.25) is 12.7 Å². The Morgan fingerprint density at radius 1 is 0.979 bits per heavy atom. The second-order valence-corrected chi connectivity index (χ2v) is 12.3. The van der Waals surface area contributed by atoms with Crippen molar-refractivity contribution in [3.8, 4) is 23.0 Å². The summed E-state index contributed by atoms with van der Waals surface area (Å²) in [6.45, 7) is 4.15. The molecule has 47 heavy (non-hydrogen) atoms. The minimum Gasteiger partial charge on any atom is -0.496 e. The maximum absolute atomic E-state index is 14.6. The number of amides is 2. The molecule has 2 saturated heterocycles. The molecular formula is C35H38N2O10. The van der Waals surface area contributed by atoms with Gasteiger partial charge < -0.3 is 43.5 Å². The Morgan fingerprint density at radius 3 is 2.43 bits per heavy atom. The van der Waals surface area contributed by atoms with Gasteiger partial charge in [-0.2, -0.15) is 0 Å². The van der Waals surface area contributed by atoms with Crippen molar-refractivity contribution >= 4 is 12.0 Å². The first-order chi connectivity index (χ1) is 22.7. The number of fused-ring (bicyclic) bond motifs is 7. The van der Waals surface area contributed by atoms with Crippen molar-refractivity contribution < 1.29 is 48.2 Å². The summed E-state index contributed by atoms with van der Waals surface area (Å²) in [5.74, 6) is 1.47. The number of nitrogens with zero attached hydrogens (tertiary/aromatic N) is 2. The summed E-state index contributed by atoms with van der Waals surface area (Å²) in [4.78, 5) is 31.0. The summed E-state index contributed by atoms with van der Waals surface area (Å²) in [6.07, 6.45) is -3.41.